The molecule has 1 fully saturated rings. The number of hydrogen-bond donors (Lipinski definition) is 2. The Bertz CT molecular complexity index is 1610. The first-order chi connectivity index (χ1) is 17.6. The van der Waals surface area contributed by atoms with E-state index in [1.165, 1.54) is 0 Å². The highest BCUT2D eigenvalue weighted by Crippen LogP contribution is 2.37. The zero-order valence-corrected chi connectivity index (χ0v) is 22.4. The number of sulfonamides is 1. The van der Waals surface area contributed by atoms with Crippen LogP contribution in [-0.4, -0.2) is 35.9 Å². The first kappa shape index (κ1) is 25.4. The lowest BCUT2D eigenvalue weighted by Crippen LogP contribution is -2.17. The van der Waals surface area contributed by atoms with Gasteiger partial charge in [0, 0.05) is 29.8 Å². The fourth-order valence-electron chi connectivity index (χ4n) is 4.29. The third kappa shape index (κ3) is 5.00. The molecule has 2 aliphatic carbocycles. The first-order valence-electron chi connectivity index (χ1n) is 12.3. The van der Waals surface area contributed by atoms with Crippen LogP contribution in [0.5, 0.6) is 0 Å². The summed E-state index contributed by atoms with van der Waals surface area (Å²) in [6, 6.07) is 3.40. The van der Waals surface area contributed by atoms with Gasteiger partial charge in [-0.1, -0.05) is 43.1 Å². The molecule has 0 unspecified atom stereocenters. The summed E-state index contributed by atoms with van der Waals surface area (Å²) in [6.45, 7) is 6.77. The van der Waals surface area contributed by atoms with Crippen molar-refractivity contribution in [1.29, 1.82) is 0 Å². The molecule has 0 saturated heterocycles. The van der Waals surface area contributed by atoms with Crippen molar-refractivity contribution in [2.75, 3.05) is 11.3 Å². The summed E-state index contributed by atoms with van der Waals surface area (Å²) in [5.74, 6) is 0.533. The highest BCUT2D eigenvalue weighted by atomic mass is 35.5. The molecule has 3 N–H and O–H groups in total. The quantitative estimate of drug-likeness (QED) is 0.366. The zero-order chi connectivity index (χ0) is 26.5. The molecule has 2 heterocycles. The number of rotatable bonds is 9. The number of ether oxygens (including phenoxy) is 1. The molecule has 1 amide bonds. The van der Waals surface area contributed by atoms with Gasteiger partial charge in [0.15, 0.2) is 11.4 Å². The minimum Gasteiger partial charge on any atom is -0.496 e. The lowest BCUT2D eigenvalue weighted by molar-refractivity contribution is 0.100. The molecular weight excluding hydrogens is 516 g/mol. The summed E-state index contributed by atoms with van der Waals surface area (Å²) >= 11 is 6.69. The van der Waals surface area contributed by atoms with Gasteiger partial charge >= 0.3 is 0 Å². The molecule has 196 valence electrons. The number of nitrogens with one attached hydrogen (secondary N) is 1. The molecular formula is C26H29ClN4O5S. The van der Waals surface area contributed by atoms with Crippen LogP contribution in [0.1, 0.15) is 56.8 Å². The maximum atomic E-state index is 12.5. The van der Waals surface area contributed by atoms with Crippen LogP contribution in [0.4, 0.5) is 5.82 Å². The van der Waals surface area contributed by atoms with Gasteiger partial charge in [-0.2, -0.15) is 0 Å². The van der Waals surface area contributed by atoms with Crippen LogP contribution < -0.4 is 10.5 Å². The molecule has 2 aliphatic rings. The van der Waals surface area contributed by atoms with Crippen molar-refractivity contribution in [2.24, 2.45) is 11.7 Å². The Morgan fingerprint density at radius 3 is 2.70 bits per heavy atom. The van der Waals surface area contributed by atoms with Gasteiger partial charge in [-0.15, -0.1) is 0 Å². The number of nitrogens with two attached hydrogens (primary N) is 1. The Morgan fingerprint density at radius 2 is 2.05 bits per heavy atom. The summed E-state index contributed by atoms with van der Waals surface area (Å²) in [6.07, 6.45) is 8.10. The van der Waals surface area contributed by atoms with Gasteiger partial charge in [0.1, 0.15) is 5.76 Å². The highest BCUT2D eigenvalue weighted by molar-refractivity contribution is 7.93. The highest BCUT2D eigenvalue weighted by Gasteiger charge is 2.36. The second-order valence-electron chi connectivity index (χ2n) is 9.90. The third-order valence-electron chi connectivity index (χ3n) is 6.47. The van der Waals surface area contributed by atoms with E-state index in [1.54, 1.807) is 18.3 Å². The van der Waals surface area contributed by atoms with Gasteiger partial charge in [0.25, 0.3) is 5.91 Å². The molecule has 2 aromatic heterocycles. The SMILES string of the molecule is CCC1=CC(n2cc(C(N)=O)c3cc4c(NS(=O)(=O)C5CC5)noc4cc32)=CC(Cl)=C(OCC(C)C)C1. The minimum absolute atomic E-state index is 0.0896. The van der Waals surface area contributed by atoms with Crippen molar-refractivity contribution in [1.82, 2.24) is 9.72 Å². The molecule has 0 atom stereocenters. The van der Waals surface area contributed by atoms with Crippen LogP contribution in [0, 0.1) is 5.92 Å². The number of primary amides is 1. The Morgan fingerprint density at radius 1 is 1.30 bits per heavy atom. The average molecular weight is 545 g/mol. The molecule has 0 radical (unpaired) electrons. The fourth-order valence-corrected chi connectivity index (χ4v) is 5.87. The molecule has 1 saturated carbocycles. The second-order valence-corrected chi connectivity index (χ2v) is 12.3. The van der Waals surface area contributed by atoms with Crippen LogP contribution in [0.3, 0.4) is 0 Å². The van der Waals surface area contributed by atoms with E-state index in [9.17, 15) is 13.2 Å². The largest absolute Gasteiger partial charge is 0.496 e. The van der Waals surface area contributed by atoms with E-state index in [-0.39, 0.29) is 11.4 Å². The standard InChI is InChI=1S/C26H29ClN4O5S/c1-4-15-7-16(9-21(27)24(8-15)35-13-14(2)3)31-12-20(25(28)32)18-10-19-23(11-22(18)31)36-29-26(19)30-37(33,34)17-5-6-17/h7,9-12,14,17H,4-6,8,13H2,1-3H3,(H2,28,32)(H,29,30). The summed E-state index contributed by atoms with van der Waals surface area (Å²) in [5, 5.41) is 5.00. The smallest absolute Gasteiger partial charge is 0.250 e. The average Bonchev–Trinajstić information content (AvgIpc) is 3.58. The van der Waals surface area contributed by atoms with Crippen molar-refractivity contribution in [3.63, 3.8) is 0 Å². The van der Waals surface area contributed by atoms with Crippen LogP contribution in [-0.2, 0) is 14.8 Å². The van der Waals surface area contributed by atoms with Crippen molar-refractivity contribution in [3.8, 4) is 0 Å². The molecule has 1 aromatic carbocycles. The van der Waals surface area contributed by atoms with Gasteiger partial charge in [0.2, 0.25) is 10.0 Å². The molecule has 5 rings (SSSR count). The molecule has 9 nitrogen and oxygen atoms in total. The van der Waals surface area contributed by atoms with Crippen LogP contribution in [0.2, 0.25) is 0 Å². The number of benzene rings is 1. The summed E-state index contributed by atoms with van der Waals surface area (Å²) in [7, 11) is -3.55. The lowest BCUT2D eigenvalue weighted by atomic mass is 10.1. The first-order valence-corrected chi connectivity index (χ1v) is 14.2. The molecule has 11 heteroatoms. The van der Waals surface area contributed by atoms with E-state index in [1.807, 2.05) is 16.7 Å². The van der Waals surface area contributed by atoms with Gasteiger partial charge in [-0.25, -0.2) is 8.42 Å². The maximum Gasteiger partial charge on any atom is 0.250 e. The molecule has 0 bridgehead atoms. The summed E-state index contributed by atoms with van der Waals surface area (Å²) in [5.41, 5.74) is 8.87. The van der Waals surface area contributed by atoms with E-state index in [4.69, 9.17) is 26.6 Å². The molecule has 37 heavy (non-hydrogen) atoms. The predicted molar refractivity (Wildman–Crippen MR) is 145 cm³/mol. The number of nitrogens with zero attached hydrogens (tertiary/aromatic N) is 2. The second kappa shape index (κ2) is 9.57. The van der Waals surface area contributed by atoms with Crippen LogP contribution in [0.25, 0.3) is 27.6 Å². The van der Waals surface area contributed by atoms with Gasteiger partial charge in [-0.3, -0.25) is 9.52 Å². The monoisotopic (exact) mass is 544 g/mol. The van der Waals surface area contributed by atoms with Gasteiger partial charge in [-0.05, 0) is 43.4 Å². The summed E-state index contributed by atoms with van der Waals surface area (Å²) < 4.78 is 40.8. The number of fused-ring (bicyclic) bond motifs is 2. The van der Waals surface area contributed by atoms with E-state index >= 15 is 0 Å². The topological polar surface area (TPSA) is 129 Å². The van der Waals surface area contributed by atoms with E-state index < -0.39 is 21.2 Å². The number of carbonyl (C=O) groups excluding carboxylic acids is 1. The minimum atomic E-state index is -3.55. The van der Waals surface area contributed by atoms with E-state index in [0.29, 0.717) is 64.5 Å². The van der Waals surface area contributed by atoms with Crippen molar-refractivity contribution in [3.05, 3.63) is 52.4 Å². The number of aromatic nitrogens is 2. The third-order valence-corrected chi connectivity index (χ3v) is 8.61. The maximum absolute atomic E-state index is 12.5. The van der Waals surface area contributed by atoms with Crippen molar-refractivity contribution < 1.29 is 22.5 Å². The number of amides is 1. The molecule has 0 spiro atoms. The van der Waals surface area contributed by atoms with E-state index in [2.05, 4.69) is 30.6 Å². The normalized spacial score (nSPS) is 16.8. The molecule has 3 aromatic rings. The zero-order valence-electron chi connectivity index (χ0n) is 20.9. The Hall–Kier alpha value is -3.24. The van der Waals surface area contributed by atoms with Crippen molar-refractivity contribution in [2.45, 2.75) is 51.7 Å². The Balaban J connectivity index is 1.65. The Labute approximate surface area is 220 Å². The predicted octanol–water partition coefficient (Wildman–Crippen LogP) is 5.49. The number of hydrogen-bond acceptors (Lipinski definition) is 6. The van der Waals surface area contributed by atoms with E-state index in [0.717, 1.165) is 17.7 Å². The lowest BCUT2D eigenvalue weighted by Gasteiger charge is -2.13. The number of carbonyl (C=O) groups is 1. The molecule has 0 aliphatic heterocycles. The van der Waals surface area contributed by atoms with Crippen molar-refractivity contribution >= 4 is 60.9 Å². The van der Waals surface area contributed by atoms with Gasteiger partial charge in [0.05, 0.1) is 33.4 Å². The van der Waals surface area contributed by atoms with Crippen LogP contribution in [0.15, 0.2) is 51.4 Å². The van der Waals surface area contributed by atoms with Gasteiger partial charge < -0.3 is 19.6 Å². The summed E-state index contributed by atoms with van der Waals surface area (Å²) in [4.78, 5) is 12.4. The number of anilines is 1. The number of halogens is 1. The fraction of sp³-hybridized carbons (Fsp3) is 0.385. The number of allylic oxidation sites excluding steroid dienone is 5. The van der Waals surface area contributed by atoms with Crippen LogP contribution >= 0.6 is 11.6 Å². The Kier molecular flexibility index (Phi) is 6.57.